The van der Waals surface area contributed by atoms with Crippen LogP contribution >= 0.6 is 0 Å². The summed E-state index contributed by atoms with van der Waals surface area (Å²) in [6.07, 6.45) is 0.849. The number of carbonyl (C=O) groups is 1. The Balaban J connectivity index is 2.59. The summed E-state index contributed by atoms with van der Waals surface area (Å²) in [6.45, 7) is 6.15. The second-order valence-electron chi connectivity index (χ2n) is 4.23. The summed E-state index contributed by atoms with van der Waals surface area (Å²) < 4.78 is 0. The first-order valence-corrected chi connectivity index (χ1v) is 5.55. The number of aryl methyl sites for hydroxylation is 1. The maximum atomic E-state index is 10.4. The van der Waals surface area contributed by atoms with Crippen LogP contribution in [0.1, 0.15) is 30.9 Å². The number of aliphatic carboxylic acids is 1. The molecule has 0 fully saturated rings. The third-order valence-corrected chi connectivity index (χ3v) is 2.80. The summed E-state index contributed by atoms with van der Waals surface area (Å²) in [5.41, 5.74) is 3.57. The Bertz CT molecular complexity index is 374. The van der Waals surface area contributed by atoms with E-state index < -0.39 is 5.97 Å². The standard InChI is InChI=1S/C13H19NO2/c1-9-5-4-6-12(11(9)3)14-10(2)7-8-13(15)16/h4-6,10,14H,7-8H2,1-3H3,(H,15,16). The van der Waals surface area contributed by atoms with Crippen molar-refractivity contribution in [1.82, 2.24) is 0 Å². The molecule has 0 saturated carbocycles. The average molecular weight is 221 g/mol. The van der Waals surface area contributed by atoms with E-state index in [1.54, 1.807) is 0 Å². The molecule has 16 heavy (non-hydrogen) atoms. The van der Waals surface area contributed by atoms with Crippen molar-refractivity contribution in [2.45, 2.75) is 39.7 Å². The molecule has 0 aromatic heterocycles. The molecule has 1 aromatic carbocycles. The average Bonchev–Trinajstić information content (AvgIpc) is 2.22. The van der Waals surface area contributed by atoms with Gasteiger partial charge in [0.1, 0.15) is 0 Å². The summed E-state index contributed by atoms with van der Waals surface area (Å²) in [6, 6.07) is 6.29. The Morgan fingerprint density at radius 1 is 1.44 bits per heavy atom. The van der Waals surface area contributed by atoms with Gasteiger partial charge in [-0.2, -0.15) is 0 Å². The number of carboxylic acids is 1. The quantitative estimate of drug-likeness (QED) is 0.803. The van der Waals surface area contributed by atoms with E-state index in [4.69, 9.17) is 5.11 Å². The lowest BCUT2D eigenvalue weighted by molar-refractivity contribution is -0.137. The highest BCUT2D eigenvalue weighted by Crippen LogP contribution is 2.19. The van der Waals surface area contributed by atoms with Crippen molar-refractivity contribution in [2.75, 3.05) is 5.32 Å². The lowest BCUT2D eigenvalue weighted by Gasteiger charge is -2.17. The molecule has 88 valence electrons. The van der Waals surface area contributed by atoms with Gasteiger partial charge < -0.3 is 10.4 Å². The van der Waals surface area contributed by atoms with Crippen LogP contribution in [0.3, 0.4) is 0 Å². The number of benzene rings is 1. The Labute approximate surface area is 96.5 Å². The molecule has 0 aliphatic heterocycles. The zero-order chi connectivity index (χ0) is 12.1. The first kappa shape index (κ1) is 12.6. The van der Waals surface area contributed by atoms with Crippen LogP contribution in [0.25, 0.3) is 0 Å². The van der Waals surface area contributed by atoms with Gasteiger partial charge in [0, 0.05) is 18.2 Å². The highest BCUT2D eigenvalue weighted by Gasteiger charge is 2.07. The fraction of sp³-hybridized carbons (Fsp3) is 0.462. The Hall–Kier alpha value is -1.51. The van der Waals surface area contributed by atoms with Gasteiger partial charge in [-0.3, -0.25) is 4.79 Å². The largest absolute Gasteiger partial charge is 0.481 e. The van der Waals surface area contributed by atoms with E-state index in [1.807, 2.05) is 19.1 Å². The van der Waals surface area contributed by atoms with Gasteiger partial charge in [-0.15, -0.1) is 0 Å². The molecule has 0 aliphatic carbocycles. The number of nitrogens with one attached hydrogen (secondary N) is 1. The molecule has 1 atom stereocenters. The van der Waals surface area contributed by atoms with Crippen LogP contribution in [-0.2, 0) is 4.79 Å². The molecule has 1 unspecified atom stereocenters. The van der Waals surface area contributed by atoms with E-state index in [0.29, 0.717) is 6.42 Å². The van der Waals surface area contributed by atoms with Crippen LogP contribution < -0.4 is 5.32 Å². The molecular formula is C13H19NO2. The second kappa shape index (κ2) is 5.54. The number of rotatable bonds is 5. The molecule has 0 spiro atoms. The van der Waals surface area contributed by atoms with E-state index in [-0.39, 0.29) is 12.5 Å². The van der Waals surface area contributed by atoms with Gasteiger partial charge in [0.2, 0.25) is 0 Å². The van der Waals surface area contributed by atoms with Crippen LogP contribution in [-0.4, -0.2) is 17.1 Å². The lowest BCUT2D eigenvalue weighted by atomic mass is 10.1. The van der Waals surface area contributed by atoms with Crippen molar-refractivity contribution in [1.29, 1.82) is 0 Å². The van der Waals surface area contributed by atoms with Crippen LogP contribution in [0.4, 0.5) is 5.69 Å². The van der Waals surface area contributed by atoms with Crippen molar-refractivity contribution in [3.63, 3.8) is 0 Å². The molecular weight excluding hydrogens is 202 g/mol. The maximum Gasteiger partial charge on any atom is 0.303 e. The molecule has 3 nitrogen and oxygen atoms in total. The molecule has 2 N–H and O–H groups in total. The van der Waals surface area contributed by atoms with E-state index >= 15 is 0 Å². The minimum atomic E-state index is -0.741. The highest BCUT2D eigenvalue weighted by atomic mass is 16.4. The summed E-state index contributed by atoms with van der Waals surface area (Å²) in [4.78, 5) is 10.4. The van der Waals surface area contributed by atoms with Gasteiger partial charge in [-0.05, 0) is 44.4 Å². The van der Waals surface area contributed by atoms with Crippen LogP contribution in [0.2, 0.25) is 0 Å². The molecule has 0 heterocycles. The maximum absolute atomic E-state index is 10.4. The van der Waals surface area contributed by atoms with Crippen molar-refractivity contribution >= 4 is 11.7 Å². The zero-order valence-corrected chi connectivity index (χ0v) is 10.1. The molecule has 0 bridgehead atoms. The van der Waals surface area contributed by atoms with E-state index in [1.165, 1.54) is 11.1 Å². The first-order chi connectivity index (χ1) is 7.50. The van der Waals surface area contributed by atoms with Gasteiger partial charge in [-0.1, -0.05) is 12.1 Å². The number of anilines is 1. The van der Waals surface area contributed by atoms with Crippen molar-refractivity contribution < 1.29 is 9.90 Å². The number of hydrogen-bond acceptors (Lipinski definition) is 2. The molecule has 0 radical (unpaired) electrons. The van der Waals surface area contributed by atoms with E-state index in [0.717, 1.165) is 5.69 Å². The normalized spacial score (nSPS) is 12.2. The SMILES string of the molecule is Cc1cccc(NC(C)CCC(=O)O)c1C. The zero-order valence-electron chi connectivity index (χ0n) is 10.1. The van der Waals surface area contributed by atoms with Crippen LogP contribution in [0.5, 0.6) is 0 Å². The van der Waals surface area contributed by atoms with Crippen LogP contribution in [0, 0.1) is 13.8 Å². The van der Waals surface area contributed by atoms with Gasteiger partial charge >= 0.3 is 5.97 Å². The predicted molar refractivity (Wildman–Crippen MR) is 65.9 cm³/mol. The first-order valence-electron chi connectivity index (χ1n) is 5.55. The number of carboxylic acid groups (broad SMARTS) is 1. The summed E-state index contributed by atoms with van der Waals surface area (Å²) >= 11 is 0. The molecule has 0 saturated heterocycles. The van der Waals surface area contributed by atoms with Crippen molar-refractivity contribution in [2.24, 2.45) is 0 Å². The summed E-state index contributed by atoms with van der Waals surface area (Å²) in [5, 5.41) is 11.9. The molecule has 3 heteroatoms. The fourth-order valence-electron chi connectivity index (χ4n) is 1.59. The third-order valence-electron chi connectivity index (χ3n) is 2.80. The van der Waals surface area contributed by atoms with Gasteiger partial charge in [-0.25, -0.2) is 0 Å². The van der Waals surface area contributed by atoms with E-state index in [9.17, 15) is 4.79 Å². The summed E-state index contributed by atoms with van der Waals surface area (Å²) in [7, 11) is 0. The number of hydrogen-bond donors (Lipinski definition) is 2. The lowest BCUT2D eigenvalue weighted by Crippen LogP contribution is -2.17. The molecule has 1 rings (SSSR count). The predicted octanol–water partition coefficient (Wildman–Crippen LogP) is 2.97. The minimum Gasteiger partial charge on any atom is -0.481 e. The Morgan fingerprint density at radius 2 is 2.12 bits per heavy atom. The monoisotopic (exact) mass is 221 g/mol. The fourth-order valence-corrected chi connectivity index (χ4v) is 1.59. The summed E-state index contributed by atoms with van der Waals surface area (Å²) in [5.74, 6) is -0.741. The van der Waals surface area contributed by atoms with Gasteiger partial charge in [0.15, 0.2) is 0 Å². The highest BCUT2D eigenvalue weighted by molar-refractivity contribution is 5.66. The van der Waals surface area contributed by atoms with Gasteiger partial charge in [0.05, 0.1) is 0 Å². The Morgan fingerprint density at radius 3 is 2.75 bits per heavy atom. The van der Waals surface area contributed by atoms with Crippen molar-refractivity contribution in [3.05, 3.63) is 29.3 Å². The van der Waals surface area contributed by atoms with Crippen molar-refractivity contribution in [3.8, 4) is 0 Å². The smallest absolute Gasteiger partial charge is 0.303 e. The molecule has 0 amide bonds. The van der Waals surface area contributed by atoms with E-state index in [2.05, 4.69) is 25.2 Å². The second-order valence-corrected chi connectivity index (χ2v) is 4.23. The van der Waals surface area contributed by atoms with Crippen LogP contribution in [0.15, 0.2) is 18.2 Å². The topological polar surface area (TPSA) is 49.3 Å². The molecule has 1 aromatic rings. The minimum absolute atomic E-state index is 0.177. The Kier molecular flexibility index (Phi) is 4.35. The molecule has 0 aliphatic rings. The van der Waals surface area contributed by atoms with Gasteiger partial charge in [0.25, 0.3) is 0 Å². The third kappa shape index (κ3) is 3.57.